The Morgan fingerprint density at radius 1 is 1.07 bits per heavy atom. The number of hydrogen-bond acceptors (Lipinski definition) is 3. The molecule has 1 aliphatic carbocycles. The van der Waals surface area contributed by atoms with Gasteiger partial charge in [-0.25, -0.2) is 4.79 Å². The van der Waals surface area contributed by atoms with Crippen LogP contribution in [0, 0.1) is 0 Å². The number of halogens is 1. The van der Waals surface area contributed by atoms with Crippen LogP contribution < -0.4 is 10.6 Å². The van der Waals surface area contributed by atoms with Crippen LogP contribution in [0.15, 0.2) is 12.3 Å². The summed E-state index contributed by atoms with van der Waals surface area (Å²) in [6.07, 6.45) is 8.30. The van der Waals surface area contributed by atoms with Gasteiger partial charge in [0.05, 0.1) is 5.02 Å². The van der Waals surface area contributed by atoms with E-state index in [1.807, 2.05) is 0 Å². The molecule has 0 bridgehead atoms. The van der Waals surface area contributed by atoms with Crippen molar-refractivity contribution >= 4 is 29.4 Å². The standard InChI is InChI=1S/C20H30ClN5O3/c21-15-13-17(23-14-15)19(28)26-11-9-25(10-12-26)18(27)7-4-8-22-20(29)24-16-5-2-1-3-6-16/h13-14,16,23H,1-12H2,(H2,22,24,29). The summed E-state index contributed by atoms with van der Waals surface area (Å²) in [6, 6.07) is 1.76. The number of aromatic nitrogens is 1. The van der Waals surface area contributed by atoms with Gasteiger partial charge < -0.3 is 25.4 Å². The molecule has 2 aliphatic rings. The first kappa shape index (κ1) is 21.5. The monoisotopic (exact) mass is 423 g/mol. The van der Waals surface area contributed by atoms with E-state index in [0.29, 0.717) is 56.3 Å². The number of carbonyl (C=O) groups is 3. The lowest BCUT2D eigenvalue weighted by Crippen LogP contribution is -2.50. The molecule has 0 aromatic carbocycles. The van der Waals surface area contributed by atoms with Crippen LogP contribution in [0.2, 0.25) is 5.02 Å². The van der Waals surface area contributed by atoms with Crippen LogP contribution in [-0.4, -0.2) is 71.4 Å². The Labute approximate surface area is 176 Å². The zero-order valence-electron chi connectivity index (χ0n) is 16.7. The van der Waals surface area contributed by atoms with Gasteiger partial charge in [-0.3, -0.25) is 9.59 Å². The molecule has 29 heavy (non-hydrogen) atoms. The van der Waals surface area contributed by atoms with Gasteiger partial charge in [0.25, 0.3) is 5.91 Å². The lowest BCUT2D eigenvalue weighted by Gasteiger charge is -2.34. The third-order valence-corrected chi connectivity index (χ3v) is 5.81. The summed E-state index contributed by atoms with van der Waals surface area (Å²) in [5.74, 6) is -0.0355. The molecule has 3 rings (SSSR count). The fourth-order valence-electron chi connectivity index (χ4n) is 3.90. The highest BCUT2D eigenvalue weighted by Gasteiger charge is 2.25. The highest BCUT2D eigenvalue weighted by Crippen LogP contribution is 2.17. The number of H-pyrrole nitrogens is 1. The number of amides is 4. The third-order valence-electron chi connectivity index (χ3n) is 5.59. The van der Waals surface area contributed by atoms with Crippen LogP contribution in [0.5, 0.6) is 0 Å². The summed E-state index contributed by atoms with van der Waals surface area (Å²) in [6.45, 7) is 2.53. The zero-order valence-corrected chi connectivity index (χ0v) is 17.5. The number of carbonyl (C=O) groups excluding carboxylic acids is 3. The molecule has 9 heteroatoms. The maximum absolute atomic E-state index is 12.4. The van der Waals surface area contributed by atoms with E-state index >= 15 is 0 Å². The van der Waals surface area contributed by atoms with E-state index in [1.165, 1.54) is 19.3 Å². The van der Waals surface area contributed by atoms with Gasteiger partial charge in [0.2, 0.25) is 5.91 Å². The lowest BCUT2D eigenvalue weighted by molar-refractivity contribution is -0.132. The van der Waals surface area contributed by atoms with Crippen LogP contribution in [0.1, 0.15) is 55.4 Å². The number of hydrogen-bond donors (Lipinski definition) is 3. The Hall–Kier alpha value is -2.22. The molecular formula is C20H30ClN5O3. The van der Waals surface area contributed by atoms with Crippen molar-refractivity contribution in [3.05, 3.63) is 23.0 Å². The van der Waals surface area contributed by atoms with Gasteiger partial charge in [-0.05, 0) is 25.3 Å². The van der Waals surface area contributed by atoms with Crippen molar-refractivity contribution in [3.63, 3.8) is 0 Å². The molecule has 1 aliphatic heterocycles. The second kappa shape index (κ2) is 10.5. The van der Waals surface area contributed by atoms with Crippen LogP contribution in [0.4, 0.5) is 4.79 Å². The SMILES string of the molecule is O=C(NCCCC(=O)N1CCN(C(=O)c2cc(Cl)c[nH]2)CC1)NC1CCCCC1. The van der Waals surface area contributed by atoms with Crippen molar-refractivity contribution in [1.82, 2.24) is 25.4 Å². The van der Waals surface area contributed by atoms with Crippen molar-refractivity contribution in [3.8, 4) is 0 Å². The molecule has 1 aromatic rings. The minimum atomic E-state index is -0.138. The van der Waals surface area contributed by atoms with Gasteiger partial charge in [-0.15, -0.1) is 0 Å². The van der Waals surface area contributed by atoms with E-state index in [2.05, 4.69) is 15.6 Å². The lowest BCUT2D eigenvalue weighted by atomic mass is 9.96. The number of urea groups is 1. The van der Waals surface area contributed by atoms with Crippen LogP contribution in [-0.2, 0) is 4.79 Å². The zero-order chi connectivity index (χ0) is 20.6. The predicted octanol–water partition coefficient (Wildman–Crippen LogP) is 2.36. The first-order valence-corrected chi connectivity index (χ1v) is 10.9. The first-order chi connectivity index (χ1) is 14.0. The van der Waals surface area contributed by atoms with E-state index in [0.717, 1.165) is 12.8 Å². The largest absolute Gasteiger partial charge is 0.356 e. The summed E-state index contributed by atoms with van der Waals surface area (Å²) in [5.41, 5.74) is 0.465. The minimum Gasteiger partial charge on any atom is -0.356 e. The van der Waals surface area contributed by atoms with E-state index in [1.54, 1.807) is 22.1 Å². The maximum Gasteiger partial charge on any atom is 0.315 e. The summed E-state index contributed by atoms with van der Waals surface area (Å²) < 4.78 is 0. The molecule has 1 aromatic heterocycles. The minimum absolute atomic E-state index is 0.0644. The molecule has 0 spiro atoms. The van der Waals surface area contributed by atoms with Gasteiger partial charge in [0, 0.05) is 51.4 Å². The highest BCUT2D eigenvalue weighted by molar-refractivity contribution is 6.30. The Kier molecular flexibility index (Phi) is 7.80. The molecule has 4 amide bonds. The Morgan fingerprint density at radius 3 is 2.41 bits per heavy atom. The molecular weight excluding hydrogens is 394 g/mol. The van der Waals surface area contributed by atoms with Crippen molar-refractivity contribution in [2.24, 2.45) is 0 Å². The highest BCUT2D eigenvalue weighted by atomic mass is 35.5. The molecule has 2 heterocycles. The Bertz CT molecular complexity index is 709. The summed E-state index contributed by atoms with van der Waals surface area (Å²) in [7, 11) is 0. The van der Waals surface area contributed by atoms with E-state index < -0.39 is 0 Å². The van der Waals surface area contributed by atoms with Gasteiger partial charge in [-0.2, -0.15) is 0 Å². The molecule has 8 nitrogen and oxygen atoms in total. The normalized spacial score (nSPS) is 17.8. The van der Waals surface area contributed by atoms with Gasteiger partial charge in [0.1, 0.15) is 5.69 Å². The maximum atomic E-state index is 12.4. The quantitative estimate of drug-likeness (QED) is 0.612. The van der Waals surface area contributed by atoms with Gasteiger partial charge in [-0.1, -0.05) is 30.9 Å². The smallest absolute Gasteiger partial charge is 0.315 e. The van der Waals surface area contributed by atoms with Crippen LogP contribution in [0.3, 0.4) is 0 Å². The molecule has 0 radical (unpaired) electrons. The Balaban J connectivity index is 1.29. The number of rotatable bonds is 6. The van der Waals surface area contributed by atoms with Crippen molar-refractivity contribution < 1.29 is 14.4 Å². The van der Waals surface area contributed by atoms with Crippen molar-refractivity contribution in [2.45, 2.75) is 51.0 Å². The van der Waals surface area contributed by atoms with Crippen molar-refractivity contribution in [2.75, 3.05) is 32.7 Å². The van der Waals surface area contributed by atoms with E-state index in [4.69, 9.17) is 11.6 Å². The number of aromatic amines is 1. The summed E-state index contributed by atoms with van der Waals surface area (Å²) in [4.78, 5) is 43.1. The molecule has 160 valence electrons. The second-order valence-electron chi connectivity index (χ2n) is 7.74. The third kappa shape index (κ3) is 6.39. The number of nitrogens with one attached hydrogen (secondary N) is 3. The van der Waals surface area contributed by atoms with E-state index in [9.17, 15) is 14.4 Å². The molecule has 1 saturated carbocycles. The summed E-state index contributed by atoms with van der Waals surface area (Å²) in [5, 5.41) is 6.35. The fraction of sp³-hybridized carbons (Fsp3) is 0.650. The predicted molar refractivity (Wildman–Crippen MR) is 111 cm³/mol. The fourth-order valence-corrected chi connectivity index (χ4v) is 4.07. The van der Waals surface area contributed by atoms with Crippen LogP contribution >= 0.6 is 11.6 Å². The number of piperazine rings is 1. The molecule has 0 atom stereocenters. The van der Waals surface area contributed by atoms with Gasteiger partial charge in [0.15, 0.2) is 0 Å². The Morgan fingerprint density at radius 2 is 1.76 bits per heavy atom. The van der Waals surface area contributed by atoms with Gasteiger partial charge >= 0.3 is 6.03 Å². The van der Waals surface area contributed by atoms with Crippen LogP contribution in [0.25, 0.3) is 0 Å². The second-order valence-corrected chi connectivity index (χ2v) is 8.18. The summed E-state index contributed by atoms with van der Waals surface area (Å²) >= 11 is 5.85. The topological polar surface area (TPSA) is 97.5 Å². The number of nitrogens with zero attached hydrogens (tertiary/aromatic N) is 2. The van der Waals surface area contributed by atoms with E-state index in [-0.39, 0.29) is 23.9 Å². The molecule has 3 N–H and O–H groups in total. The first-order valence-electron chi connectivity index (χ1n) is 10.5. The average Bonchev–Trinajstić information content (AvgIpc) is 3.17. The molecule has 0 unspecified atom stereocenters. The molecule has 1 saturated heterocycles. The molecule has 2 fully saturated rings. The average molecular weight is 424 g/mol. The van der Waals surface area contributed by atoms with Crippen molar-refractivity contribution in [1.29, 1.82) is 0 Å².